The first-order chi connectivity index (χ1) is 10.6. The highest BCUT2D eigenvalue weighted by Gasteiger charge is 2.36. The van der Waals surface area contributed by atoms with Crippen LogP contribution in [0, 0.1) is 0 Å². The van der Waals surface area contributed by atoms with Gasteiger partial charge in [-0.25, -0.2) is 4.79 Å². The molecule has 22 heavy (non-hydrogen) atoms. The number of carbonyl (C=O) groups excluding carboxylic acids is 2. The second-order valence-electron chi connectivity index (χ2n) is 4.94. The Labute approximate surface area is 129 Å². The molecule has 0 fully saturated rings. The van der Waals surface area contributed by atoms with Gasteiger partial charge in [0.05, 0.1) is 25.3 Å². The predicted molar refractivity (Wildman–Crippen MR) is 79.9 cm³/mol. The summed E-state index contributed by atoms with van der Waals surface area (Å²) in [6.45, 7) is 4.16. The zero-order chi connectivity index (χ0) is 16.5. The monoisotopic (exact) mass is 310 g/mol. The van der Waals surface area contributed by atoms with Crippen LogP contribution in [0.15, 0.2) is 16.8 Å². The summed E-state index contributed by atoms with van der Waals surface area (Å²) in [7, 11) is 1.29. The summed E-state index contributed by atoms with van der Waals surface area (Å²) in [5.41, 5.74) is 9.13. The van der Waals surface area contributed by atoms with Crippen molar-refractivity contribution in [1.29, 1.82) is 0 Å². The van der Waals surface area contributed by atoms with Gasteiger partial charge >= 0.3 is 5.97 Å². The quantitative estimate of drug-likeness (QED) is 0.334. The first-order valence-electron chi connectivity index (χ1n) is 7.31. The molecule has 1 amide bonds. The van der Waals surface area contributed by atoms with Crippen LogP contribution in [-0.2, 0) is 19.1 Å². The van der Waals surface area contributed by atoms with Crippen LogP contribution < -0.4 is 5.32 Å². The van der Waals surface area contributed by atoms with E-state index in [4.69, 9.17) is 15.0 Å². The fraction of sp³-hybridized carbons (Fsp3) is 0.714. The Kier molecular flexibility index (Phi) is 7.42. The van der Waals surface area contributed by atoms with E-state index >= 15 is 0 Å². The van der Waals surface area contributed by atoms with Crippen molar-refractivity contribution in [2.75, 3.05) is 13.7 Å². The van der Waals surface area contributed by atoms with Crippen molar-refractivity contribution < 1.29 is 19.1 Å². The molecule has 0 aromatic carbocycles. The minimum Gasteiger partial charge on any atom is -0.466 e. The van der Waals surface area contributed by atoms with Gasteiger partial charge in [-0.1, -0.05) is 19.0 Å². The maximum absolute atomic E-state index is 11.8. The lowest BCUT2D eigenvalue weighted by molar-refractivity contribution is -0.136. The summed E-state index contributed by atoms with van der Waals surface area (Å²) in [6, 6.07) is -1.09. The number of esters is 1. The van der Waals surface area contributed by atoms with Crippen LogP contribution in [-0.4, -0.2) is 43.8 Å². The van der Waals surface area contributed by atoms with Gasteiger partial charge in [0.2, 0.25) is 5.91 Å². The van der Waals surface area contributed by atoms with Crippen molar-refractivity contribution >= 4 is 11.9 Å². The molecule has 8 nitrogen and oxygen atoms in total. The molecule has 1 rings (SSSR count). The summed E-state index contributed by atoms with van der Waals surface area (Å²) in [6.07, 6.45) is 2.42. The molecular weight excluding hydrogens is 288 g/mol. The zero-order valence-corrected chi connectivity index (χ0v) is 13.1. The maximum Gasteiger partial charge on any atom is 0.333 e. The molecule has 0 aromatic heterocycles. The Morgan fingerprint density at radius 3 is 2.77 bits per heavy atom. The van der Waals surface area contributed by atoms with Gasteiger partial charge in [0.15, 0.2) is 0 Å². The number of hydrogen-bond acceptors (Lipinski definition) is 5. The maximum atomic E-state index is 11.8. The van der Waals surface area contributed by atoms with Gasteiger partial charge in [-0.05, 0) is 24.4 Å². The van der Waals surface area contributed by atoms with Crippen molar-refractivity contribution in [1.82, 2.24) is 5.32 Å². The van der Waals surface area contributed by atoms with Gasteiger partial charge in [-0.3, -0.25) is 4.79 Å². The summed E-state index contributed by atoms with van der Waals surface area (Å²) in [4.78, 5) is 26.3. The van der Waals surface area contributed by atoms with E-state index in [1.165, 1.54) is 7.11 Å². The number of ether oxygens (including phenoxy) is 2. The number of methoxy groups -OCH3 is 1. The molecule has 0 unspecified atom stereocenters. The fourth-order valence-corrected chi connectivity index (χ4v) is 2.27. The normalized spacial score (nSPS) is 24.0. The van der Waals surface area contributed by atoms with Crippen molar-refractivity contribution in [3.8, 4) is 0 Å². The number of nitrogens with one attached hydrogen (secondary N) is 1. The van der Waals surface area contributed by atoms with Crippen LogP contribution in [0.4, 0.5) is 0 Å². The molecule has 1 aliphatic carbocycles. The second-order valence-corrected chi connectivity index (χ2v) is 4.94. The lowest BCUT2D eigenvalue weighted by atomic mass is 9.88. The molecule has 0 saturated heterocycles. The molecule has 0 heterocycles. The van der Waals surface area contributed by atoms with Crippen LogP contribution in [0.5, 0.6) is 0 Å². The molecule has 3 atom stereocenters. The van der Waals surface area contributed by atoms with Crippen LogP contribution in [0.25, 0.3) is 10.4 Å². The van der Waals surface area contributed by atoms with Gasteiger partial charge in [-0.2, -0.15) is 0 Å². The summed E-state index contributed by atoms with van der Waals surface area (Å²) in [5.74, 6) is -0.647. The van der Waals surface area contributed by atoms with Crippen molar-refractivity contribution in [3.05, 3.63) is 22.1 Å². The number of carbonyl (C=O) groups is 2. The van der Waals surface area contributed by atoms with E-state index in [1.54, 1.807) is 13.0 Å². The molecule has 0 spiro atoms. The average molecular weight is 310 g/mol. The first-order valence-corrected chi connectivity index (χ1v) is 7.31. The van der Waals surface area contributed by atoms with E-state index in [0.717, 1.165) is 6.42 Å². The van der Waals surface area contributed by atoms with Crippen molar-refractivity contribution in [2.45, 2.75) is 51.3 Å². The second kappa shape index (κ2) is 9.07. The number of hydrogen-bond donors (Lipinski definition) is 1. The SMILES string of the molecule is CCCO[C@@H]1C=C(C(=O)OC)C[C@H](N=[N+]=[N-])[C@H]1NC(=O)CC. The van der Waals surface area contributed by atoms with Gasteiger partial charge < -0.3 is 14.8 Å². The van der Waals surface area contributed by atoms with E-state index in [-0.39, 0.29) is 12.3 Å². The Bertz CT molecular complexity index is 485. The van der Waals surface area contributed by atoms with E-state index < -0.39 is 24.2 Å². The topological polar surface area (TPSA) is 113 Å². The fourth-order valence-electron chi connectivity index (χ4n) is 2.27. The lowest BCUT2D eigenvalue weighted by Crippen LogP contribution is -2.52. The Hall–Kier alpha value is -2.05. The highest BCUT2D eigenvalue weighted by molar-refractivity contribution is 5.89. The Balaban J connectivity index is 3.09. The Morgan fingerprint density at radius 1 is 1.50 bits per heavy atom. The standard InChI is InChI=1S/C14H22N4O4/c1-4-6-22-11-8-9(14(20)21-3)7-10(17-18-15)13(11)16-12(19)5-2/h8,10-11,13H,4-7H2,1-3H3,(H,16,19)/t10-,11+,13+/m0/s1. The summed E-state index contributed by atoms with van der Waals surface area (Å²) in [5, 5.41) is 6.53. The number of rotatable bonds is 7. The minimum atomic E-state index is -0.596. The third kappa shape index (κ3) is 4.75. The predicted octanol–water partition coefficient (Wildman–Crippen LogP) is 1.86. The van der Waals surface area contributed by atoms with Crippen molar-refractivity contribution in [2.24, 2.45) is 5.11 Å². The van der Waals surface area contributed by atoms with E-state index in [9.17, 15) is 9.59 Å². The largest absolute Gasteiger partial charge is 0.466 e. The van der Waals surface area contributed by atoms with Gasteiger partial charge in [-0.15, -0.1) is 0 Å². The molecule has 0 bridgehead atoms. The van der Waals surface area contributed by atoms with Crippen molar-refractivity contribution in [3.63, 3.8) is 0 Å². The Morgan fingerprint density at radius 2 is 2.23 bits per heavy atom. The minimum absolute atomic E-state index is 0.164. The third-order valence-electron chi connectivity index (χ3n) is 3.37. The molecular formula is C14H22N4O4. The smallest absolute Gasteiger partial charge is 0.333 e. The molecule has 1 aliphatic rings. The molecule has 8 heteroatoms. The van der Waals surface area contributed by atoms with Crippen LogP contribution >= 0.6 is 0 Å². The zero-order valence-electron chi connectivity index (χ0n) is 13.1. The number of nitrogens with zero attached hydrogens (tertiary/aromatic N) is 3. The van der Waals surface area contributed by atoms with E-state index in [2.05, 4.69) is 15.3 Å². The molecule has 1 N–H and O–H groups in total. The third-order valence-corrected chi connectivity index (χ3v) is 3.37. The molecule has 0 aliphatic heterocycles. The number of azide groups is 1. The lowest BCUT2D eigenvalue weighted by Gasteiger charge is -2.34. The summed E-state index contributed by atoms with van der Waals surface area (Å²) < 4.78 is 10.4. The van der Waals surface area contributed by atoms with Gasteiger partial charge in [0.1, 0.15) is 0 Å². The average Bonchev–Trinajstić information content (AvgIpc) is 2.53. The highest BCUT2D eigenvalue weighted by Crippen LogP contribution is 2.25. The van der Waals surface area contributed by atoms with Gasteiger partial charge in [0.25, 0.3) is 0 Å². The molecule has 0 saturated carbocycles. The van der Waals surface area contributed by atoms with E-state index in [0.29, 0.717) is 18.6 Å². The van der Waals surface area contributed by atoms with Crippen LogP contribution in [0.3, 0.4) is 0 Å². The molecule has 0 aromatic rings. The molecule has 122 valence electrons. The van der Waals surface area contributed by atoms with E-state index in [1.807, 2.05) is 6.92 Å². The molecule has 0 radical (unpaired) electrons. The number of amides is 1. The van der Waals surface area contributed by atoms with Gasteiger partial charge in [0, 0.05) is 23.5 Å². The van der Waals surface area contributed by atoms with Crippen LogP contribution in [0.1, 0.15) is 33.1 Å². The van der Waals surface area contributed by atoms with Crippen LogP contribution in [0.2, 0.25) is 0 Å². The highest BCUT2D eigenvalue weighted by atomic mass is 16.5. The summed E-state index contributed by atoms with van der Waals surface area (Å²) >= 11 is 0. The first kappa shape index (κ1) is 18.0.